The number of rotatable bonds is 2. The van der Waals surface area contributed by atoms with E-state index in [1.807, 2.05) is 46.1 Å². The van der Waals surface area contributed by atoms with Crippen LogP contribution in [-0.2, 0) is 11.3 Å². The number of aryl methyl sites for hydroxylation is 1. The molecule has 2 aromatic heterocycles. The normalized spacial score (nSPS) is 11.2. The molecule has 0 saturated carbocycles. The molecule has 0 amide bonds. The zero-order valence-corrected chi connectivity index (χ0v) is 16.3. The van der Waals surface area contributed by atoms with Crippen molar-refractivity contribution in [2.45, 2.75) is 53.7 Å². The highest BCUT2D eigenvalue weighted by Gasteiger charge is 2.22. The Kier molecular flexibility index (Phi) is 5.75. The van der Waals surface area contributed by atoms with Gasteiger partial charge in [0.1, 0.15) is 11.4 Å². The third kappa shape index (κ3) is 3.90. The lowest BCUT2D eigenvalue weighted by Gasteiger charge is -2.19. The maximum Gasteiger partial charge on any atom is 0.419 e. The molecule has 3 aromatic rings. The Bertz CT molecular complexity index is 901. The molecule has 2 heterocycles. The van der Waals surface area contributed by atoms with E-state index in [4.69, 9.17) is 4.74 Å². The summed E-state index contributed by atoms with van der Waals surface area (Å²) in [4.78, 5) is 16.7. The predicted molar refractivity (Wildman–Crippen MR) is 103 cm³/mol. The van der Waals surface area contributed by atoms with Crippen molar-refractivity contribution in [1.29, 1.82) is 0 Å². The number of hydrogen-bond donors (Lipinski definition) is 1. The Hall–Kier alpha value is -2.76. The summed E-state index contributed by atoms with van der Waals surface area (Å²) < 4.78 is 8.95. The van der Waals surface area contributed by atoms with Gasteiger partial charge in [-0.25, -0.2) is 9.78 Å². The standard InChI is InChI=1S/C18H21N3O3.C2H6/c1-5-20-11-19-9-16(20)14-10-21(17(23)24-18(2,3)4)15-7-6-12(22)8-13(14)15;1-2/h6-11,22H,5H2,1-4H3;1-2H3. The summed E-state index contributed by atoms with van der Waals surface area (Å²) in [6.45, 7) is 12.3. The van der Waals surface area contributed by atoms with Crippen LogP contribution in [0.5, 0.6) is 5.75 Å². The number of ether oxygens (including phenoxy) is 1. The first-order chi connectivity index (χ1) is 12.3. The zero-order valence-electron chi connectivity index (χ0n) is 16.3. The minimum atomic E-state index is -0.587. The number of phenolic OH excluding ortho intramolecular Hbond substituents is 1. The number of hydrogen-bond acceptors (Lipinski definition) is 4. The van der Waals surface area contributed by atoms with Gasteiger partial charge in [0.25, 0.3) is 0 Å². The Morgan fingerprint density at radius 3 is 2.58 bits per heavy atom. The molecule has 6 heteroatoms. The van der Waals surface area contributed by atoms with Crippen molar-refractivity contribution in [2.24, 2.45) is 0 Å². The molecule has 0 unspecified atom stereocenters. The van der Waals surface area contributed by atoms with Gasteiger partial charge in [-0.05, 0) is 45.9 Å². The van der Waals surface area contributed by atoms with E-state index in [0.717, 1.165) is 23.2 Å². The molecule has 0 spiro atoms. The molecule has 1 aromatic carbocycles. The van der Waals surface area contributed by atoms with Gasteiger partial charge in [0.2, 0.25) is 0 Å². The zero-order chi connectivity index (χ0) is 19.5. The minimum absolute atomic E-state index is 0.147. The van der Waals surface area contributed by atoms with Crippen molar-refractivity contribution in [3.05, 3.63) is 36.9 Å². The topological polar surface area (TPSA) is 69.3 Å². The maximum absolute atomic E-state index is 12.6. The van der Waals surface area contributed by atoms with E-state index < -0.39 is 11.7 Å². The van der Waals surface area contributed by atoms with Crippen LogP contribution in [0.2, 0.25) is 0 Å². The number of carbonyl (C=O) groups is 1. The van der Waals surface area contributed by atoms with E-state index >= 15 is 0 Å². The highest BCUT2D eigenvalue weighted by molar-refractivity contribution is 6.00. The second-order valence-corrected chi connectivity index (χ2v) is 6.66. The monoisotopic (exact) mass is 357 g/mol. The molecule has 26 heavy (non-hydrogen) atoms. The number of phenols is 1. The van der Waals surface area contributed by atoms with Gasteiger partial charge in [-0.2, -0.15) is 0 Å². The molecule has 0 atom stereocenters. The Labute approximate surface area is 154 Å². The van der Waals surface area contributed by atoms with Crippen molar-refractivity contribution in [3.8, 4) is 17.0 Å². The molecule has 3 rings (SSSR count). The van der Waals surface area contributed by atoms with Crippen LogP contribution in [0.1, 0.15) is 41.5 Å². The van der Waals surface area contributed by atoms with Crippen molar-refractivity contribution in [1.82, 2.24) is 14.1 Å². The third-order valence-corrected chi connectivity index (χ3v) is 3.71. The Morgan fingerprint density at radius 2 is 1.96 bits per heavy atom. The van der Waals surface area contributed by atoms with E-state index in [9.17, 15) is 9.90 Å². The molecule has 0 aliphatic carbocycles. The van der Waals surface area contributed by atoms with Crippen LogP contribution in [0.3, 0.4) is 0 Å². The lowest BCUT2D eigenvalue weighted by atomic mass is 10.1. The molecule has 0 radical (unpaired) electrons. The molecular weight excluding hydrogens is 330 g/mol. The van der Waals surface area contributed by atoms with Crippen molar-refractivity contribution < 1.29 is 14.6 Å². The largest absolute Gasteiger partial charge is 0.508 e. The summed E-state index contributed by atoms with van der Waals surface area (Å²) in [5.74, 6) is 0.147. The number of imidazole rings is 1. The first kappa shape index (κ1) is 19.6. The summed E-state index contributed by atoms with van der Waals surface area (Å²) in [6.07, 6.45) is 4.78. The van der Waals surface area contributed by atoms with Crippen LogP contribution >= 0.6 is 0 Å². The SMILES string of the molecule is CC.CCn1cncc1-c1cn(C(=O)OC(C)(C)C)c2ccc(O)cc12. The van der Waals surface area contributed by atoms with Crippen LogP contribution in [0, 0.1) is 0 Å². The third-order valence-electron chi connectivity index (χ3n) is 3.71. The lowest BCUT2D eigenvalue weighted by Crippen LogP contribution is -2.26. The van der Waals surface area contributed by atoms with Crippen molar-refractivity contribution >= 4 is 17.0 Å². The number of nitrogens with zero attached hydrogens (tertiary/aromatic N) is 3. The fourth-order valence-corrected chi connectivity index (χ4v) is 2.68. The molecule has 0 aliphatic rings. The van der Waals surface area contributed by atoms with Gasteiger partial charge in [-0.15, -0.1) is 0 Å². The van der Waals surface area contributed by atoms with Crippen molar-refractivity contribution in [2.75, 3.05) is 0 Å². The van der Waals surface area contributed by atoms with Gasteiger partial charge in [0.15, 0.2) is 0 Å². The first-order valence-corrected chi connectivity index (χ1v) is 8.88. The maximum atomic E-state index is 12.6. The molecule has 0 saturated heterocycles. The highest BCUT2D eigenvalue weighted by atomic mass is 16.6. The molecule has 0 bridgehead atoms. The van der Waals surface area contributed by atoms with E-state index in [2.05, 4.69) is 4.98 Å². The Balaban J connectivity index is 0.00000117. The second kappa shape index (κ2) is 7.64. The summed E-state index contributed by atoms with van der Waals surface area (Å²) in [7, 11) is 0. The van der Waals surface area contributed by atoms with E-state index in [1.165, 1.54) is 4.57 Å². The highest BCUT2D eigenvalue weighted by Crippen LogP contribution is 2.33. The number of fused-ring (bicyclic) bond motifs is 1. The van der Waals surface area contributed by atoms with Crippen LogP contribution < -0.4 is 0 Å². The number of benzene rings is 1. The molecule has 1 N–H and O–H groups in total. The first-order valence-electron chi connectivity index (χ1n) is 8.88. The van der Waals surface area contributed by atoms with Gasteiger partial charge < -0.3 is 14.4 Å². The van der Waals surface area contributed by atoms with Crippen LogP contribution in [0.15, 0.2) is 36.9 Å². The van der Waals surface area contributed by atoms with Gasteiger partial charge in [0, 0.05) is 23.7 Å². The van der Waals surface area contributed by atoms with E-state index in [1.54, 1.807) is 36.9 Å². The van der Waals surface area contributed by atoms with Gasteiger partial charge in [-0.1, -0.05) is 13.8 Å². The average molecular weight is 357 g/mol. The molecule has 0 fully saturated rings. The van der Waals surface area contributed by atoms with Gasteiger partial charge in [-0.3, -0.25) is 4.57 Å². The predicted octanol–water partition coefficient (Wildman–Crippen LogP) is 5.04. The molecule has 140 valence electrons. The van der Waals surface area contributed by atoms with Crippen LogP contribution in [-0.4, -0.2) is 30.9 Å². The number of carbonyl (C=O) groups excluding carboxylic acids is 1. The van der Waals surface area contributed by atoms with Gasteiger partial charge in [0.05, 0.1) is 23.7 Å². The summed E-state index contributed by atoms with van der Waals surface area (Å²) in [6, 6.07) is 4.92. The van der Waals surface area contributed by atoms with E-state index in [0.29, 0.717) is 5.52 Å². The smallest absolute Gasteiger partial charge is 0.419 e. The van der Waals surface area contributed by atoms with Crippen molar-refractivity contribution in [3.63, 3.8) is 0 Å². The quantitative estimate of drug-likeness (QED) is 0.697. The summed E-state index contributed by atoms with van der Waals surface area (Å²) in [5, 5.41) is 10.6. The van der Waals surface area contributed by atoms with Gasteiger partial charge >= 0.3 is 6.09 Å². The minimum Gasteiger partial charge on any atom is -0.508 e. The van der Waals surface area contributed by atoms with E-state index in [-0.39, 0.29) is 5.75 Å². The summed E-state index contributed by atoms with van der Waals surface area (Å²) >= 11 is 0. The molecular formula is C20H27N3O3. The lowest BCUT2D eigenvalue weighted by molar-refractivity contribution is 0.0544. The molecule has 6 nitrogen and oxygen atoms in total. The van der Waals surface area contributed by atoms with Crippen LogP contribution in [0.4, 0.5) is 4.79 Å². The molecule has 0 aliphatic heterocycles. The second-order valence-electron chi connectivity index (χ2n) is 6.66. The average Bonchev–Trinajstić information content (AvgIpc) is 3.18. The fourth-order valence-electron chi connectivity index (χ4n) is 2.68. The van der Waals surface area contributed by atoms with Crippen LogP contribution in [0.25, 0.3) is 22.2 Å². The fraction of sp³-hybridized carbons (Fsp3) is 0.400. The summed E-state index contributed by atoms with van der Waals surface area (Å²) in [5.41, 5.74) is 1.80. The number of aromatic nitrogens is 3. The number of aromatic hydroxyl groups is 1. The Morgan fingerprint density at radius 1 is 1.27 bits per heavy atom.